The molecule has 0 aliphatic carbocycles. The third kappa shape index (κ3) is 4.37. The van der Waals surface area contributed by atoms with Gasteiger partial charge in [0.05, 0.1) is 16.7 Å². The van der Waals surface area contributed by atoms with E-state index in [-0.39, 0.29) is 6.04 Å². The zero-order chi connectivity index (χ0) is 20.4. The number of halogens is 1. The van der Waals surface area contributed by atoms with Crippen LogP contribution in [0.1, 0.15) is 24.7 Å². The first-order chi connectivity index (χ1) is 14.0. The molecule has 0 saturated carbocycles. The summed E-state index contributed by atoms with van der Waals surface area (Å²) in [6.45, 7) is 2.09. The molecule has 1 aromatic carbocycles. The average molecular weight is 447 g/mol. The van der Waals surface area contributed by atoms with E-state index in [1.807, 2.05) is 60.4 Å². The van der Waals surface area contributed by atoms with Gasteiger partial charge in [-0.2, -0.15) is 4.98 Å². The molecule has 0 aliphatic heterocycles. The van der Waals surface area contributed by atoms with Crippen molar-refractivity contribution < 1.29 is 4.52 Å². The van der Waals surface area contributed by atoms with Crippen LogP contribution in [0.4, 0.5) is 0 Å². The predicted octanol–water partition coefficient (Wildman–Crippen LogP) is 4.95. The van der Waals surface area contributed by atoms with Crippen molar-refractivity contribution in [3.8, 4) is 16.4 Å². The van der Waals surface area contributed by atoms with E-state index in [9.17, 15) is 0 Å². The van der Waals surface area contributed by atoms with Gasteiger partial charge in [-0.1, -0.05) is 34.6 Å². The van der Waals surface area contributed by atoms with E-state index in [0.717, 1.165) is 21.5 Å². The molecular formula is C19H19ClN6OS2. The molecule has 0 aliphatic rings. The van der Waals surface area contributed by atoms with Crippen molar-refractivity contribution in [2.24, 2.45) is 0 Å². The SMILES string of the molecule is CC(c1nnc(SCc2nc(-c3cccs3)no2)n1-c1ccc(Cl)cc1)N(C)C. The maximum atomic E-state index is 6.07. The monoisotopic (exact) mass is 446 g/mol. The summed E-state index contributed by atoms with van der Waals surface area (Å²) in [6, 6.07) is 11.7. The van der Waals surface area contributed by atoms with E-state index in [0.29, 0.717) is 22.5 Å². The second-order valence-corrected chi connectivity index (χ2v) is 8.90. The molecule has 150 valence electrons. The standard InChI is InChI=1S/C19H19ClN6OS2/c1-12(25(2)3)18-22-23-19(26(18)14-8-6-13(20)7-9-14)29-11-16-21-17(24-27-16)15-5-4-10-28-15/h4-10,12H,11H2,1-3H3. The highest BCUT2D eigenvalue weighted by molar-refractivity contribution is 7.98. The molecule has 0 radical (unpaired) electrons. The van der Waals surface area contributed by atoms with Crippen LogP contribution in [0, 0.1) is 0 Å². The molecule has 7 nitrogen and oxygen atoms in total. The molecule has 0 amide bonds. The van der Waals surface area contributed by atoms with Crippen molar-refractivity contribution in [1.82, 2.24) is 29.8 Å². The number of thioether (sulfide) groups is 1. The summed E-state index contributed by atoms with van der Waals surface area (Å²) in [6.07, 6.45) is 0. The average Bonchev–Trinajstić information content (AvgIpc) is 3.46. The van der Waals surface area contributed by atoms with Crippen molar-refractivity contribution in [1.29, 1.82) is 0 Å². The zero-order valence-electron chi connectivity index (χ0n) is 16.1. The summed E-state index contributed by atoms with van der Waals surface area (Å²) >= 11 is 9.16. The quantitative estimate of drug-likeness (QED) is 0.372. The number of hydrogen-bond donors (Lipinski definition) is 0. The van der Waals surface area contributed by atoms with E-state index in [2.05, 4.69) is 32.2 Å². The molecule has 3 aromatic heterocycles. The Morgan fingerprint density at radius 1 is 1.21 bits per heavy atom. The number of hydrogen-bond acceptors (Lipinski definition) is 8. The van der Waals surface area contributed by atoms with Gasteiger partial charge >= 0.3 is 0 Å². The summed E-state index contributed by atoms with van der Waals surface area (Å²) < 4.78 is 7.45. The Balaban J connectivity index is 1.61. The van der Waals surface area contributed by atoms with Gasteiger partial charge in [0.1, 0.15) is 0 Å². The molecule has 0 N–H and O–H groups in total. The highest BCUT2D eigenvalue weighted by Gasteiger charge is 2.21. The Hall–Kier alpha value is -2.20. The predicted molar refractivity (Wildman–Crippen MR) is 116 cm³/mol. The minimum absolute atomic E-state index is 0.0846. The van der Waals surface area contributed by atoms with Crippen LogP contribution in [0.5, 0.6) is 0 Å². The lowest BCUT2D eigenvalue weighted by molar-refractivity contribution is 0.305. The normalized spacial score (nSPS) is 12.6. The first-order valence-corrected chi connectivity index (χ1v) is 11.1. The van der Waals surface area contributed by atoms with Crippen LogP contribution in [-0.4, -0.2) is 43.9 Å². The second-order valence-electron chi connectivity index (χ2n) is 6.57. The molecule has 29 heavy (non-hydrogen) atoms. The van der Waals surface area contributed by atoms with Gasteiger partial charge < -0.3 is 4.52 Å². The molecular weight excluding hydrogens is 428 g/mol. The number of nitrogens with zero attached hydrogens (tertiary/aromatic N) is 6. The van der Waals surface area contributed by atoms with Crippen molar-refractivity contribution in [3.63, 3.8) is 0 Å². The summed E-state index contributed by atoms with van der Waals surface area (Å²) in [4.78, 5) is 7.56. The fourth-order valence-electron chi connectivity index (χ4n) is 2.65. The van der Waals surface area contributed by atoms with Crippen LogP contribution in [0.2, 0.25) is 5.02 Å². The molecule has 10 heteroatoms. The Bertz CT molecular complexity index is 1070. The highest BCUT2D eigenvalue weighted by atomic mass is 35.5. The number of benzene rings is 1. The van der Waals surface area contributed by atoms with E-state index in [1.54, 1.807) is 11.3 Å². The Kier molecular flexibility index (Phi) is 6.00. The van der Waals surface area contributed by atoms with Crippen molar-refractivity contribution >= 4 is 34.7 Å². The lowest BCUT2D eigenvalue weighted by Crippen LogP contribution is -2.20. The van der Waals surface area contributed by atoms with Crippen LogP contribution in [0.15, 0.2) is 51.5 Å². The van der Waals surface area contributed by atoms with Gasteiger partial charge in [0.2, 0.25) is 11.7 Å². The van der Waals surface area contributed by atoms with E-state index < -0.39 is 0 Å². The third-order valence-corrected chi connectivity index (χ3v) is 6.46. The maximum Gasteiger partial charge on any atom is 0.237 e. The van der Waals surface area contributed by atoms with Gasteiger partial charge in [0.15, 0.2) is 11.0 Å². The molecule has 4 rings (SSSR count). The molecule has 1 atom stereocenters. The van der Waals surface area contributed by atoms with Gasteiger partial charge in [-0.05, 0) is 56.7 Å². The number of rotatable bonds is 7. The minimum Gasteiger partial charge on any atom is -0.338 e. The summed E-state index contributed by atoms with van der Waals surface area (Å²) in [5.41, 5.74) is 0.954. The van der Waals surface area contributed by atoms with Crippen molar-refractivity contribution in [2.45, 2.75) is 23.9 Å². The van der Waals surface area contributed by atoms with Crippen LogP contribution >= 0.6 is 34.7 Å². The molecule has 4 aromatic rings. The van der Waals surface area contributed by atoms with Gasteiger partial charge in [0, 0.05) is 10.7 Å². The van der Waals surface area contributed by atoms with Crippen LogP contribution in [0.3, 0.4) is 0 Å². The molecule has 1 unspecified atom stereocenters. The number of thiophene rings is 1. The third-order valence-electron chi connectivity index (χ3n) is 4.43. The minimum atomic E-state index is 0.0846. The van der Waals surface area contributed by atoms with Crippen molar-refractivity contribution in [3.05, 3.63) is 58.5 Å². The van der Waals surface area contributed by atoms with Gasteiger partial charge in [-0.15, -0.1) is 21.5 Å². The lowest BCUT2D eigenvalue weighted by Gasteiger charge is -2.20. The summed E-state index contributed by atoms with van der Waals surface area (Å²) in [7, 11) is 4.03. The lowest BCUT2D eigenvalue weighted by atomic mass is 10.2. The fraction of sp³-hybridized carbons (Fsp3) is 0.263. The van der Waals surface area contributed by atoms with E-state index in [4.69, 9.17) is 16.1 Å². The summed E-state index contributed by atoms with van der Waals surface area (Å²) in [5.74, 6) is 2.51. The molecule has 0 saturated heterocycles. The van der Waals surface area contributed by atoms with Crippen LogP contribution < -0.4 is 0 Å². The first kappa shape index (κ1) is 20.1. The second kappa shape index (κ2) is 8.66. The van der Waals surface area contributed by atoms with Gasteiger partial charge in [-0.25, -0.2) is 0 Å². The van der Waals surface area contributed by atoms with E-state index in [1.165, 1.54) is 11.8 Å². The van der Waals surface area contributed by atoms with Crippen molar-refractivity contribution in [2.75, 3.05) is 14.1 Å². The van der Waals surface area contributed by atoms with Gasteiger partial charge in [-0.3, -0.25) is 9.47 Å². The number of aromatic nitrogens is 5. The van der Waals surface area contributed by atoms with Crippen LogP contribution in [-0.2, 0) is 5.75 Å². The van der Waals surface area contributed by atoms with Gasteiger partial charge in [0.25, 0.3) is 0 Å². The maximum absolute atomic E-state index is 6.07. The summed E-state index contributed by atoms with van der Waals surface area (Å²) in [5, 5.41) is 16.4. The zero-order valence-corrected chi connectivity index (χ0v) is 18.5. The molecule has 0 spiro atoms. The Morgan fingerprint density at radius 3 is 2.69 bits per heavy atom. The largest absolute Gasteiger partial charge is 0.338 e. The molecule has 0 fully saturated rings. The fourth-order valence-corrected chi connectivity index (χ4v) is 4.23. The topological polar surface area (TPSA) is 72.9 Å². The Morgan fingerprint density at radius 2 is 2.00 bits per heavy atom. The smallest absolute Gasteiger partial charge is 0.237 e. The molecule has 0 bridgehead atoms. The Labute approximate surface area is 181 Å². The molecule has 3 heterocycles. The highest BCUT2D eigenvalue weighted by Crippen LogP contribution is 2.30. The van der Waals surface area contributed by atoms with E-state index >= 15 is 0 Å². The first-order valence-electron chi connectivity index (χ1n) is 8.90. The van der Waals surface area contributed by atoms with Crippen LogP contribution in [0.25, 0.3) is 16.4 Å².